The number of rotatable bonds is 7. The van der Waals surface area contributed by atoms with E-state index in [2.05, 4.69) is 10.0 Å². The van der Waals surface area contributed by atoms with E-state index in [9.17, 15) is 13.2 Å². The van der Waals surface area contributed by atoms with E-state index >= 15 is 0 Å². The summed E-state index contributed by atoms with van der Waals surface area (Å²) in [6.45, 7) is 4.18. The molecule has 4 N–H and O–H groups in total. The van der Waals surface area contributed by atoms with E-state index in [0.717, 1.165) is 4.88 Å². The largest absolute Gasteiger partial charge is 0.346 e. The van der Waals surface area contributed by atoms with Crippen LogP contribution in [0.3, 0.4) is 0 Å². The SMILES string of the molecule is CC(C)(CN)NC(=O)c1ccc(S(=O)(=O)NCc2cccs2)cc1. The molecule has 6 nitrogen and oxygen atoms in total. The van der Waals surface area contributed by atoms with Crippen LogP contribution in [0.25, 0.3) is 0 Å². The number of hydrogen-bond donors (Lipinski definition) is 3. The molecule has 2 aromatic rings. The van der Waals surface area contributed by atoms with Gasteiger partial charge >= 0.3 is 0 Å². The zero-order valence-electron chi connectivity index (χ0n) is 13.6. The highest BCUT2D eigenvalue weighted by molar-refractivity contribution is 7.89. The minimum Gasteiger partial charge on any atom is -0.346 e. The van der Waals surface area contributed by atoms with Gasteiger partial charge in [-0.1, -0.05) is 6.07 Å². The normalized spacial score (nSPS) is 12.1. The molecule has 0 aliphatic heterocycles. The van der Waals surface area contributed by atoms with Crippen molar-refractivity contribution in [2.45, 2.75) is 30.8 Å². The second-order valence-electron chi connectivity index (χ2n) is 5.97. The number of thiophene rings is 1. The standard InChI is InChI=1S/C16H21N3O3S2/c1-16(2,11-17)19-15(20)12-5-7-14(8-6-12)24(21,22)18-10-13-4-3-9-23-13/h3-9,18H,10-11,17H2,1-2H3,(H,19,20). The summed E-state index contributed by atoms with van der Waals surface area (Å²) in [5.74, 6) is -0.291. The lowest BCUT2D eigenvalue weighted by Crippen LogP contribution is -2.48. The molecule has 0 spiro atoms. The average Bonchev–Trinajstić information content (AvgIpc) is 3.06. The lowest BCUT2D eigenvalue weighted by molar-refractivity contribution is 0.0915. The molecule has 0 bridgehead atoms. The Morgan fingerprint density at radius 1 is 1.21 bits per heavy atom. The first-order chi connectivity index (χ1) is 11.2. The summed E-state index contributed by atoms with van der Waals surface area (Å²) < 4.78 is 27.1. The van der Waals surface area contributed by atoms with Crippen molar-refractivity contribution in [1.82, 2.24) is 10.0 Å². The molecule has 0 unspecified atom stereocenters. The summed E-state index contributed by atoms with van der Waals surface area (Å²) in [4.78, 5) is 13.2. The third-order valence-corrected chi connectivity index (χ3v) is 5.70. The molecule has 0 aliphatic rings. The highest BCUT2D eigenvalue weighted by atomic mass is 32.2. The first-order valence-electron chi connectivity index (χ1n) is 7.38. The van der Waals surface area contributed by atoms with Gasteiger partial charge in [-0.25, -0.2) is 13.1 Å². The molecule has 1 amide bonds. The first-order valence-corrected chi connectivity index (χ1v) is 9.74. The summed E-state index contributed by atoms with van der Waals surface area (Å²) in [5, 5.41) is 4.69. The molecule has 0 fully saturated rings. The monoisotopic (exact) mass is 367 g/mol. The molecule has 0 atom stereocenters. The molecular formula is C16H21N3O3S2. The van der Waals surface area contributed by atoms with Gasteiger partial charge in [-0.15, -0.1) is 11.3 Å². The highest BCUT2D eigenvalue weighted by Crippen LogP contribution is 2.14. The number of benzene rings is 1. The van der Waals surface area contributed by atoms with E-state index in [0.29, 0.717) is 12.1 Å². The van der Waals surface area contributed by atoms with Gasteiger partial charge in [-0.3, -0.25) is 4.79 Å². The van der Waals surface area contributed by atoms with Gasteiger partial charge in [0.1, 0.15) is 0 Å². The van der Waals surface area contributed by atoms with Crippen LogP contribution in [0.4, 0.5) is 0 Å². The smallest absolute Gasteiger partial charge is 0.251 e. The molecule has 0 aliphatic carbocycles. The van der Waals surface area contributed by atoms with Crippen LogP contribution < -0.4 is 15.8 Å². The molecule has 1 aromatic heterocycles. The van der Waals surface area contributed by atoms with Crippen LogP contribution in [0.5, 0.6) is 0 Å². The number of hydrogen-bond acceptors (Lipinski definition) is 5. The highest BCUT2D eigenvalue weighted by Gasteiger charge is 2.20. The number of nitrogens with two attached hydrogens (primary N) is 1. The van der Waals surface area contributed by atoms with Crippen molar-refractivity contribution in [3.05, 3.63) is 52.2 Å². The predicted molar refractivity (Wildman–Crippen MR) is 95.4 cm³/mol. The lowest BCUT2D eigenvalue weighted by atomic mass is 10.1. The molecule has 0 saturated heterocycles. The van der Waals surface area contributed by atoms with E-state index in [1.54, 1.807) is 0 Å². The Labute approximate surface area is 146 Å². The van der Waals surface area contributed by atoms with Crippen molar-refractivity contribution >= 4 is 27.3 Å². The van der Waals surface area contributed by atoms with Crippen LogP contribution in [0.15, 0.2) is 46.7 Å². The maximum atomic E-state index is 12.3. The van der Waals surface area contributed by atoms with Gasteiger partial charge in [0, 0.05) is 29.1 Å². The quantitative estimate of drug-likeness (QED) is 0.693. The summed E-state index contributed by atoms with van der Waals surface area (Å²) in [6.07, 6.45) is 0. The zero-order valence-corrected chi connectivity index (χ0v) is 15.2. The number of sulfonamides is 1. The fourth-order valence-electron chi connectivity index (χ4n) is 1.88. The third-order valence-electron chi connectivity index (χ3n) is 3.41. The van der Waals surface area contributed by atoms with Crippen molar-refractivity contribution in [2.75, 3.05) is 6.54 Å². The van der Waals surface area contributed by atoms with Gasteiger partial charge in [-0.2, -0.15) is 0 Å². The van der Waals surface area contributed by atoms with Crippen LogP contribution in [0, 0.1) is 0 Å². The lowest BCUT2D eigenvalue weighted by Gasteiger charge is -2.24. The van der Waals surface area contributed by atoms with Gasteiger partial charge in [-0.05, 0) is 49.6 Å². The van der Waals surface area contributed by atoms with E-state index in [-0.39, 0.29) is 17.3 Å². The molecule has 2 rings (SSSR count). The number of carbonyl (C=O) groups excluding carboxylic acids is 1. The Kier molecular flexibility index (Phi) is 5.76. The first kappa shape index (κ1) is 18.6. The van der Waals surface area contributed by atoms with Crippen molar-refractivity contribution in [2.24, 2.45) is 5.73 Å². The fourth-order valence-corrected chi connectivity index (χ4v) is 3.62. The fraction of sp³-hybridized carbons (Fsp3) is 0.312. The molecule has 24 heavy (non-hydrogen) atoms. The second-order valence-corrected chi connectivity index (χ2v) is 8.77. The zero-order chi connectivity index (χ0) is 17.8. The third kappa shape index (κ3) is 4.88. The molecule has 1 aromatic carbocycles. The Balaban J connectivity index is 2.06. The van der Waals surface area contributed by atoms with Crippen LogP contribution in [0.1, 0.15) is 29.1 Å². The minimum absolute atomic E-state index is 0.119. The van der Waals surface area contributed by atoms with Gasteiger partial charge in [0.15, 0.2) is 0 Å². The van der Waals surface area contributed by atoms with E-state index in [1.165, 1.54) is 35.6 Å². The van der Waals surface area contributed by atoms with Crippen molar-refractivity contribution < 1.29 is 13.2 Å². The summed E-state index contributed by atoms with van der Waals surface area (Å²) in [5.41, 5.74) is 5.45. The Hall–Kier alpha value is -1.74. The van der Waals surface area contributed by atoms with Crippen LogP contribution in [0.2, 0.25) is 0 Å². The molecule has 130 valence electrons. The summed E-state index contributed by atoms with van der Waals surface area (Å²) >= 11 is 1.48. The Bertz CT molecular complexity index is 782. The van der Waals surface area contributed by atoms with E-state index in [1.807, 2.05) is 31.4 Å². The van der Waals surface area contributed by atoms with E-state index < -0.39 is 15.6 Å². The molecule has 1 heterocycles. The van der Waals surface area contributed by atoms with Gasteiger partial charge < -0.3 is 11.1 Å². The van der Waals surface area contributed by atoms with Gasteiger partial charge in [0.05, 0.1) is 4.90 Å². The van der Waals surface area contributed by atoms with Gasteiger partial charge in [0.2, 0.25) is 10.0 Å². The number of nitrogens with one attached hydrogen (secondary N) is 2. The molecule has 0 radical (unpaired) electrons. The van der Waals surface area contributed by atoms with Crippen LogP contribution in [-0.4, -0.2) is 26.4 Å². The van der Waals surface area contributed by atoms with Gasteiger partial charge in [0.25, 0.3) is 5.91 Å². The van der Waals surface area contributed by atoms with Crippen molar-refractivity contribution in [3.63, 3.8) is 0 Å². The van der Waals surface area contributed by atoms with Crippen molar-refractivity contribution in [3.8, 4) is 0 Å². The van der Waals surface area contributed by atoms with Crippen LogP contribution >= 0.6 is 11.3 Å². The Morgan fingerprint density at radius 2 is 1.88 bits per heavy atom. The average molecular weight is 367 g/mol. The number of carbonyl (C=O) groups is 1. The maximum Gasteiger partial charge on any atom is 0.251 e. The van der Waals surface area contributed by atoms with Crippen LogP contribution in [-0.2, 0) is 16.6 Å². The molecule has 8 heteroatoms. The summed E-state index contributed by atoms with van der Waals surface area (Å²) in [7, 11) is -3.61. The minimum atomic E-state index is -3.61. The predicted octanol–water partition coefficient (Wildman–Crippen LogP) is 1.69. The second kappa shape index (κ2) is 7.43. The number of amides is 1. The summed E-state index contributed by atoms with van der Waals surface area (Å²) in [6, 6.07) is 9.54. The maximum absolute atomic E-state index is 12.3. The molecule has 0 saturated carbocycles. The van der Waals surface area contributed by atoms with Crippen molar-refractivity contribution in [1.29, 1.82) is 0 Å². The van der Waals surface area contributed by atoms with E-state index in [4.69, 9.17) is 5.73 Å². The Morgan fingerprint density at radius 3 is 2.42 bits per heavy atom. The topological polar surface area (TPSA) is 101 Å². The molecular weight excluding hydrogens is 346 g/mol.